The lowest BCUT2D eigenvalue weighted by Crippen LogP contribution is -2.56. The molecule has 3 heteroatoms. The van der Waals surface area contributed by atoms with Gasteiger partial charge in [0.15, 0.2) is 0 Å². The van der Waals surface area contributed by atoms with Crippen molar-refractivity contribution in [2.24, 2.45) is 0 Å². The summed E-state index contributed by atoms with van der Waals surface area (Å²) in [6.45, 7) is 29.7. The Balaban J connectivity index is 1.39. The van der Waals surface area contributed by atoms with Crippen molar-refractivity contribution in [3.63, 3.8) is 0 Å². The average molecular weight is 693 g/mol. The molecule has 0 bridgehead atoms. The van der Waals surface area contributed by atoms with Gasteiger partial charge < -0.3 is 4.74 Å². The third-order valence-corrected chi connectivity index (χ3v) is 12.2. The highest BCUT2D eigenvalue weighted by molar-refractivity contribution is 6.97. The maximum absolute atomic E-state index is 6.99. The van der Waals surface area contributed by atoms with Gasteiger partial charge >= 0.3 is 0 Å². The number of benzene rings is 6. The van der Waals surface area contributed by atoms with Crippen molar-refractivity contribution in [2.45, 2.75) is 95.4 Å². The first-order valence-electron chi connectivity index (χ1n) is 19.3. The van der Waals surface area contributed by atoms with E-state index < -0.39 is 0 Å². The number of fused-ring (bicyclic) bond motifs is 2. The molecule has 0 atom stereocenters. The highest BCUT2D eigenvalue weighted by Crippen LogP contribution is 2.47. The van der Waals surface area contributed by atoms with Crippen LogP contribution in [0.4, 0.5) is 0 Å². The number of hydrogen-bond donors (Lipinski definition) is 0. The first kappa shape index (κ1) is 36.6. The van der Waals surface area contributed by atoms with Gasteiger partial charge in [-0.1, -0.05) is 187 Å². The van der Waals surface area contributed by atoms with E-state index in [1.165, 1.54) is 105 Å². The molecule has 1 aliphatic rings. The van der Waals surface area contributed by atoms with Gasteiger partial charge in [0.1, 0.15) is 11.5 Å². The van der Waals surface area contributed by atoms with Crippen LogP contribution in [0.25, 0.3) is 0 Å². The number of hydrogen-bond acceptors (Lipinski definition) is 1. The molecule has 0 N–H and O–H groups in total. The predicted octanol–water partition coefficient (Wildman–Crippen LogP) is 8.54. The van der Waals surface area contributed by atoms with Crippen LogP contribution in [0, 0.1) is 76.2 Å². The molecule has 0 unspecified atom stereocenters. The maximum Gasteiger partial charge on any atom is 0.242 e. The van der Waals surface area contributed by atoms with Crippen molar-refractivity contribution < 1.29 is 4.74 Å². The first-order valence-corrected chi connectivity index (χ1v) is 19.3. The lowest BCUT2D eigenvalue weighted by atomic mass is 9.34. The van der Waals surface area contributed by atoms with E-state index in [1.54, 1.807) is 0 Å². The van der Waals surface area contributed by atoms with Crippen molar-refractivity contribution in [1.82, 2.24) is 0 Å². The fourth-order valence-corrected chi connectivity index (χ4v) is 10.1. The zero-order valence-electron chi connectivity index (χ0n) is 34.2. The molecular formula is C50H54B2O. The Bertz CT molecular complexity index is 2280. The van der Waals surface area contributed by atoms with Crippen LogP contribution in [0.5, 0.6) is 11.5 Å². The molecule has 0 amide bonds. The Morgan fingerprint density at radius 2 is 0.755 bits per heavy atom. The van der Waals surface area contributed by atoms with E-state index in [0.29, 0.717) is 0 Å². The molecule has 0 radical (unpaired) electrons. The molecule has 53 heavy (non-hydrogen) atoms. The minimum Gasteiger partial charge on any atom is -0.457 e. The van der Waals surface area contributed by atoms with Gasteiger partial charge in [-0.2, -0.15) is 0 Å². The smallest absolute Gasteiger partial charge is 0.242 e. The summed E-state index contributed by atoms with van der Waals surface area (Å²) in [6.07, 6.45) is 0. The van der Waals surface area contributed by atoms with E-state index in [1.807, 2.05) is 0 Å². The summed E-state index contributed by atoms with van der Waals surface area (Å²) in [6, 6.07) is 34.8. The van der Waals surface area contributed by atoms with Gasteiger partial charge in [-0.15, -0.1) is 0 Å². The molecular weight excluding hydrogens is 638 g/mol. The maximum atomic E-state index is 6.99. The molecule has 0 fully saturated rings. The fraction of sp³-hybridized carbons (Fsp3) is 0.280. The third-order valence-electron chi connectivity index (χ3n) is 12.2. The minimum atomic E-state index is -0.263. The summed E-state index contributed by atoms with van der Waals surface area (Å²) >= 11 is 0. The largest absolute Gasteiger partial charge is 0.457 e. The topological polar surface area (TPSA) is 9.23 Å². The third kappa shape index (κ3) is 6.37. The lowest BCUT2D eigenvalue weighted by Gasteiger charge is -2.36. The molecule has 0 aliphatic carbocycles. The summed E-state index contributed by atoms with van der Waals surface area (Å²) < 4.78 is 6.99. The van der Waals surface area contributed by atoms with Crippen molar-refractivity contribution in [3.05, 3.63) is 163 Å². The van der Waals surface area contributed by atoms with Crippen LogP contribution in [-0.4, -0.2) is 13.4 Å². The normalized spacial score (nSPS) is 12.9. The molecule has 0 saturated carbocycles. The Morgan fingerprint density at radius 3 is 1.19 bits per heavy atom. The van der Waals surface area contributed by atoms with Gasteiger partial charge in [0.2, 0.25) is 13.4 Å². The first-order chi connectivity index (χ1) is 25.1. The zero-order chi connectivity index (χ0) is 38.1. The quantitative estimate of drug-likeness (QED) is 0.159. The van der Waals surface area contributed by atoms with Crippen LogP contribution >= 0.6 is 0 Å². The van der Waals surface area contributed by atoms with Gasteiger partial charge in [-0.3, -0.25) is 0 Å². The van der Waals surface area contributed by atoms with Crippen LogP contribution in [0.3, 0.4) is 0 Å². The molecule has 1 aliphatic heterocycles. The van der Waals surface area contributed by atoms with E-state index in [9.17, 15) is 0 Å². The van der Waals surface area contributed by atoms with Gasteiger partial charge in [0.25, 0.3) is 0 Å². The van der Waals surface area contributed by atoms with Crippen molar-refractivity contribution in [3.8, 4) is 11.5 Å². The predicted molar refractivity (Wildman–Crippen MR) is 232 cm³/mol. The summed E-state index contributed by atoms with van der Waals surface area (Å²) in [7, 11) is 0. The monoisotopic (exact) mass is 692 g/mol. The van der Waals surface area contributed by atoms with Gasteiger partial charge in [0, 0.05) is 16.5 Å². The minimum absolute atomic E-state index is 0.0936. The van der Waals surface area contributed by atoms with E-state index >= 15 is 0 Å². The second kappa shape index (κ2) is 13.6. The summed E-state index contributed by atoms with van der Waals surface area (Å²) in [5.41, 5.74) is 25.0. The average Bonchev–Trinajstić information content (AvgIpc) is 3.05. The van der Waals surface area contributed by atoms with E-state index in [-0.39, 0.29) is 18.8 Å². The van der Waals surface area contributed by atoms with Gasteiger partial charge in [0.05, 0.1) is 0 Å². The number of rotatable bonds is 6. The van der Waals surface area contributed by atoms with E-state index in [0.717, 1.165) is 11.5 Å². The summed E-state index contributed by atoms with van der Waals surface area (Å²) in [5, 5.41) is 0. The molecule has 0 saturated heterocycles. The molecule has 6 aromatic rings. The Kier molecular flexibility index (Phi) is 9.38. The second-order valence-electron chi connectivity index (χ2n) is 16.8. The molecule has 7 rings (SSSR count). The van der Waals surface area contributed by atoms with E-state index in [4.69, 9.17) is 4.74 Å². The van der Waals surface area contributed by atoms with E-state index in [2.05, 4.69) is 181 Å². The molecule has 0 aromatic heterocycles. The van der Waals surface area contributed by atoms with Gasteiger partial charge in [-0.05, 0) is 88.3 Å². The molecule has 1 heterocycles. The fourth-order valence-electron chi connectivity index (χ4n) is 10.1. The highest BCUT2D eigenvalue weighted by atomic mass is 16.5. The molecule has 1 nitrogen and oxygen atoms in total. The van der Waals surface area contributed by atoms with Crippen molar-refractivity contribution >= 4 is 46.2 Å². The van der Waals surface area contributed by atoms with Gasteiger partial charge in [-0.25, -0.2) is 0 Å². The lowest BCUT2D eigenvalue weighted by molar-refractivity contribution is 0.419. The Morgan fingerprint density at radius 1 is 0.377 bits per heavy atom. The van der Waals surface area contributed by atoms with Crippen LogP contribution in [0.15, 0.2) is 91.0 Å². The van der Waals surface area contributed by atoms with Crippen LogP contribution in [-0.2, 0) is 5.41 Å². The number of ether oxygens (including phenoxy) is 1. The standard InChI is InChI=1S/C50H54B2O/c1-29-21-34(6)47(35(7)22-29)51(46-32(4)15-14-16-33(46)5)40-18-20-44-43(27-40)50(12,13)42-19-17-41(28-45(42)53-44)52(48-36(8)23-30(2)24-37(48)9)49-38(10)25-31(3)26-39(49)11/h14-28H,1-13H3. The van der Waals surface area contributed by atoms with Crippen LogP contribution < -0.4 is 37.5 Å². The second-order valence-corrected chi connectivity index (χ2v) is 16.8. The molecule has 0 spiro atoms. The van der Waals surface area contributed by atoms with Crippen molar-refractivity contribution in [1.29, 1.82) is 0 Å². The SMILES string of the molecule is Cc1cc(C)c(B(c2ccc3c(c2)C(C)(C)c2ccc(B(c4c(C)cc(C)cc4C)c4c(C)cc(C)cc4C)cc2O3)c2c(C)cccc2C)c(C)c1. The van der Waals surface area contributed by atoms with Crippen molar-refractivity contribution in [2.75, 3.05) is 0 Å². The molecule has 266 valence electrons. The summed E-state index contributed by atoms with van der Waals surface area (Å²) in [5.74, 6) is 1.90. The van der Waals surface area contributed by atoms with Crippen LogP contribution in [0.2, 0.25) is 0 Å². The Labute approximate surface area is 320 Å². The zero-order valence-corrected chi connectivity index (χ0v) is 34.2. The summed E-state index contributed by atoms with van der Waals surface area (Å²) in [4.78, 5) is 0. The molecule has 6 aromatic carbocycles. The van der Waals surface area contributed by atoms with Crippen LogP contribution in [0.1, 0.15) is 86.2 Å². The highest BCUT2D eigenvalue weighted by Gasteiger charge is 2.38. The Hall–Kier alpha value is -4.75. The number of aryl methyl sites for hydroxylation is 11.